The predicted octanol–water partition coefficient (Wildman–Crippen LogP) is 6.61. The Morgan fingerprint density at radius 2 is 1.69 bits per heavy atom. The number of aliphatic carboxylic acids is 1. The van der Waals surface area contributed by atoms with Gasteiger partial charge in [0, 0.05) is 72.9 Å². The number of hydrogen-bond donors (Lipinski definition) is 3. The standard InChI is InChI=1S/C42H44Cl2N6O8/c1-42(2,3)58-41(55)49(22-27-13-15-35(51)47-27)21-25-12-14-32(48-38(25)57-5)31-11-7-10-30(37(31)44)29-9-6-8-28(36(29)43)24-16-17-50-34(18-24)46-20-26(39(50)52)19-45-33(23-56-4)40(53)54/h6-12,14,16-18,20,27,33,45H,13,15,19,21-23H2,1-5H3,(H,47,51)(H,53,54)/t27-,33?/m0/s1. The zero-order valence-corrected chi connectivity index (χ0v) is 34.2. The first-order chi connectivity index (χ1) is 27.7. The number of rotatable bonds is 14. The van der Waals surface area contributed by atoms with E-state index in [1.165, 1.54) is 24.8 Å². The SMILES string of the molecule is COCC(NCc1cnc2cc(-c3cccc(-c4cccc(-c5ccc(CN(C[C@@H]6CCC(=O)N6)C(=O)OC(C)(C)C)c(OC)n5)c4Cl)c3Cl)ccn2c1=O)C(=O)O. The van der Waals surface area contributed by atoms with Crippen LogP contribution in [0.5, 0.6) is 5.88 Å². The smallest absolute Gasteiger partial charge is 0.410 e. The van der Waals surface area contributed by atoms with Crippen LogP contribution in [0.25, 0.3) is 39.2 Å². The van der Waals surface area contributed by atoms with Gasteiger partial charge in [0.1, 0.15) is 17.3 Å². The van der Waals surface area contributed by atoms with Gasteiger partial charge in [-0.15, -0.1) is 0 Å². The van der Waals surface area contributed by atoms with Gasteiger partial charge in [-0.2, -0.15) is 0 Å². The van der Waals surface area contributed by atoms with Crippen LogP contribution in [0.15, 0.2) is 77.9 Å². The van der Waals surface area contributed by atoms with E-state index in [4.69, 9.17) is 42.4 Å². The van der Waals surface area contributed by atoms with Gasteiger partial charge in [-0.1, -0.05) is 59.6 Å². The van der Waals surface area contributed by atoms with Gasteiger partial charge in [0.05, 0.1) is 41.6 Å². The van der Waals surface area contributed by atoms with E-state index in [-0.39, 0.29) is 43.7 Å². The Labute approximate surface area is 345 Å². The number of halogens is 2. The third-order valence-corrected chi connectivity index (χ3v) is 10.3. The number of benzene rings is 2. The highest BCUT2D eigenvalue weighted by atomic mass is 35.5. The fourth-order valence-corrected chi connectivity index (χ4v) is 7.31. The lowest BCUT2D eigenvalue weighted by Gasteiger charge is -2.29. The van der Waals surface area contributed by atoms with E-state index >= 15 is 0 Å². The number of amides is 2. The molecule has 2 aromatic carbocycles. The molecule has 1 aliphatic rings. The lowest BCUT2D eigenvalue weighted by atomic mass is 9.97. The van der Waals surface area contributed by atoms with E-state index in [1.807, 2.05) is 42.5 Å². The molecule has 14 nitrogen and oxygen atoms in total. The summed E-state index contributed by atoms with van der Waals surface area (Å²) in [5.41, 5.74) is 4.12. The first-order valence-corrected chi connectivity index (χ1v) is 19.3. The van der Waals surface area contributed by atoms with Crippen LogP contribution >= 0.6 is 23.2 Å². The van der Waals surface area contributed by atoms with Crippen molar-refractivity contribution in [3.8, 4) is 39.4 Å². The van der Waals surface area contributed by atoms with Gasteiger partial charge in [-0.25, -0.2) is 14.8 Å². The van der Waals surface area contributed by atoms with E-state index < -0.39 is 23.7 Å². The lowest BCUT2D eigenvalue weighted by Crippen LogP contribution is -2.43. The maximum atomic E-state index is 13.3. The van der Waals surface area contributed by atoms with Crippen LogP contribution in [0.3, 0.4) is 0 Å². The number of carbonyl (C=O) groups is 3. The number of nitrogens with zero attached hydrogens (tertiary/aromatic N) is 4. The second kappa shape index (κ2) is 17.9. The minimum Gasteiger partial charge on any atom is -0.481 e. The number of ether oxygens (including phenoxy) is 3. The molecule has 304 valence electrons. The minimum atomic E-state index is -1.09. The van der Waals surface area contributed by atoms with Gasteiger partial charge in [-0.3, -0.25) is 24.1 Å². The minimum absolute atomic E-state index is 0.00788. The monoisotopic (exact) mass is 830 g/mol. The summed E-state index contributed by atoms with van der Waals surface area (Å²) in [7, 11) is 2.91. The number of carbonyl (C=O) groups excluding carboxylic acids is 2. The third-order valence-electron chi connectivity index (χ3n) is 9.50. The second-order valence-electron chi connectivity index (χ2n) is 14.8. The van der Waals surface area contributed by atoms with Crippen molar-refractivity contribution in [3.05, 3.63) is 105 Å². The second-order valence-corrected chi connectivity index (χ2v) is 15.6. The van der Waals surface area contributed by atoms with E-state index in [9.17, 15) is 24.3 Å². The number of carboxylic acid groups (broad SMARTS) is 1. The highest BCUT2D eigenvalue weighted by Gasteiger charge is 2.29. The summed E-state index contributed by atoms with van der Waals surface area (Å²) in [5, 5.41) is 16.0. The Kier molecular flexibility index (Phi) is 13.0. The molecule has 58 heavy (non-hydrogen) atoms. The van der Waals surface area contributed by atoms with Crippen LogP contribution in [0, 0.1) is 0 Å². The molecule has 0 bridgehead atoms. The maximum absolute atomic E-state index is 13.3. The zero-order valence-electron chi connectivity index (χ0n) is 32.7. The number of aromatic nitrogens is 3. The number of fused-ring (bicyclic) bond motifs is 1. The van der Waals surface area contributed by atoms with Crippen molar-refractivity contribution in [1.29, 1.82) is 0 Å². The average molecular weight is 832 g/mol. The molecule has 2 atom stereocenters. The molecule has 0 aliphatic carbocycles. The van der Waals surface area contributed by atoms with Crippen molar-refractivity contribution in [3.63, 3.8) is 0 Å². The molecule has 5 aromatic rings. The molecule has 1 unspecified atom stereocenters. The Bertz CT molecular complexity index is 2420. The maximum Gasteiger partial charge on any atom is 0.410 e. The first-order valence-electron chi connectivity index (χ1n) is 18.5. The number of hydrogen-bond acceptors (Lipinski definition) is 10. The summed E-state index contributed by atoms with van der Waals surface area (Å²) in [6.07, 6.45) is 3.53. The van der Waals surface area contributed by atoms with Gasteiger partial charge in [0.25, 0.3) is 5.56 Å². The summed E-state index contributed by atoms with van der Waals surface area (Å²) in [4.78, 5) is 60.8. The van der Waals surface area contributed by atoms with Gasteiger partial charge >= 0.3 is 12.1 Å². The molecule has 1 saturated heterocycles. The molecule has 0 radical (unpaired) electrons. The molecule has 0 spiro atoms. The van der Waals surface area contributed by atoms with Crippen molar-refractivity contribution in [2.75, 3.05) is 27.4 Å². The molecule has 3 aromatic heterocycles. The summed E-state index contributed by atoms with van der Waals surface area (Å²) in [6.45, 7) is 5.72. The molecule has 4 heterocycles. The van der Waals surface area contributed by atoms with Gasteiger partial charge in [-0.05, 0) is 57.0 Å². The summed E-state index contributed by atoms with van der Waals surface area (Å²) >= 11 is 14.2. The van der Waals surface area contributed by atoms with Crippen molar-refractivity contribution in [1.82, 2.24) is 29.9 Å². The predicted molar refractivity (Wildman–Crippen MR) is 220 cm³/mol. The van der Waals surface area contributed by atoms with E-state index in [2.05, 4.69) is 15.6 Å². The highest BCUT2D eigenvalue weighted by molar-refractivity contribution is 6.39. The number of carboxylic acids is 1. The lowest BCUT2D eigenvalue weighted by molar-refractivity contribution is -0.140. The van der Waals surface area contributed by atoms with Crippen LogP contribution in [-0.2, 0) is 32.2 Å². The number of nitrogens with one attached hydrogen (secondary N) is 2. The van der Waals surface area contributed by atoms with Crippen LogP contribution in [0.4, 0.5) is 4.79 Å². The Balaban J connectivity index is 1.27. The highest BCUT2D eigenvalue weighted by Crippen LogP contribution is 2.42. The largest absolute Gasteiger partial charge is 0.481 e. The molecule has 0 saturated carbocycles. The van der Waals surface area contributed by atoms with Gasteiger partial charge in [0.15, 0.2) is 0 Å². The van der Waals surface area contributed by atoms with Crippen LogP contribution < -0.4 is 20.9 Å². The molecular formula is C42H44Cl2N6O8. The van der Waals surface area contributed by atoms with Crippen molar-refractivity contribution in [2.24, 2.45) is 0 Å². The van der Waals surface area contributed by atoms with Crippen LogP contribution in [0.2, 0.25) is 10.0 Å². The zero-order chi connectivity index (χ0) is 41.7. The molecular weight excluding hydrogens is 787 g/mol. The summed E-state index contributed by atoms with van der Waals surface area (Å²) in [5.74, 6) is -0.842. The fourth-order valence-electron chi connectivity index (χ4n) is 6.65. The van der Waals surface area contributed by atoms with E-state index in [0.717, 1.165) is 0 Å². The van der Waals surface area contributed by atoms with Crippen LogP contribution in [-0.4, -0.2) is 87.4 Å². The molecule has 3 N–H and O–H groups in total. The van der Waals surface area contributed by atoms with Crippen LogP contribution in [0.1, 0.15) is 44.7 Å². The van der Waals surface area contributed by atoms with Crippen molar-refractivity contribution in [2.45, 2.75) is 64.4 Å². The Hall–Kier alpha value is -5.54. The molecule has 16 heteroatoms. The van der Waals surface area contributed by atoms with Gasteiger partial charge in [0.2, 0.25) is 11.8 Å². The average Bonchev–Trinajstić information content (AvgIpc) is 3.60. The number of pyridine rings is 2. The summed E-state index contributed by atoms with van der Waals surface area (Å²) in [6, 6.07) is 17.1. The van der Waals surface area contributed by atoms with Crippen molar-refractivity contribution < 1.29 is 33.7 Å². The Morgan fingerprint density at radius 3 is 2.33 bits per heavy atom. The molecule has 1 aliphatic heterocycles. The number of methoxy groups -OCH3 is 2. The molecule has 2 amide bonds. The third kappa shape index (κ3) is 9.59. The van der Waals surface area contributed by atoms with E-state index in [0.29, 0.717) is 79.1 Å². The summed E-state index contributed by atoms with van der Waals surface area (Å²) < 4.78 is 17.8. The first kappa shape index (κ1) is 42.1. The van der Waals surface area contributed by atoms with Crippen molar-refractivity contribution >= 4 is 46.8 Å². The molecule has 1 fully saturated rings. The topological polar surface area (TPSA) is 174 Å². The Morgan fingerprint density at radius 1 is 1.00 bits per heavy atom. The fraction of sp³-hybridized carbons (Fsp3) is 0.333. The quantitative estimate of drug-likeness (QED) is 0.110. The van der Waals surface area contributed by atoms with E-state index in [1.54, 1.807) is 50.1 Å². The normalized spacial score (nSPS) is 14.6. The van der Waals surface area contributed by atoms with Gasteiger partial charge < -0.3 is 29.5 Å². The molecule has 6 rings (SSSR count).